The van der Waals surface area contributed by atoms with Gasteiger partial charge in [-0.15, -0.1) is 0 Å². The molecular formula is C13H13ClN4O2S2. The summed E-state index contributed by atoms with van der Waals surface area (Å²) in [5.41, 5.74) is 1.63. The first-order chi connectivity index (χ1) is 10.3. The molecule has 0 saturated carbocycles. The number of nitrogens with zero attached hydrogens (tertiary/aromatic N) is 3. The molecule has 0 bridgehead atoms. The smallest absolute Gasteiger partial charge is 0.278 e. The largest absolute Gasteiger partial charge is 0.281 e. The highest BCUT2D eigenvalue weighted by molar-refractivity contribution is 7.92. The van der Waals surface area contributed by atoms with E-state index < -0.39 is 10.0 Å². The molecule has 0 aliphatic heterocycles. The van der Waals surface area contributed by atoms with Crippen molar-refractivity contribution in [3.63, 3.8) is 0 Å². The highest BCUT2D eigenvalue weighted by Gasteiger charge is 2.25. The van der Waals surface area contributed by atoms with E-state index in [0.29, 0.717) is 21.4 Å². The lowest BCUT2D eigenvalue weighted by atomic mass is 10.2. The van der Waals surface area contributed by atoms with Gasteiger partial charge in [0, 0.05) is 5.02 Å². The second-order valence-corrected chi connectivity index (χ2v) is 8.08. The second-order valence-electron chi connectivity index (χ2n) is 4.88. The van der Waals surface area contributed by atoms with E-state index in [1.165, 1.54) is 15.9 Å². The Hall–Kier alpha value is -1.64. The van der Waals surface area contributed by atoms with E-state index in [-0.39, 0.29) is 5.03 Å². The summed E-state index contributed by atoms with van der Waals surface area (Å²) in [7, 11) is -3.80. The summed E-state index contributed by atoms with van der Waals surface area (Å²) in [5, 5.41) is 5.57. The summed E-state index contributed by atoms with van der Waals surface area (Å²) >= 11 is 7.24. The van der Waals surface area contributed by atoms with Crippen LogP contribution in [0.4, 0.5) is 5.69 Å². The predicted molar refractivity (Wildman–Crippen MR) is 87.3 cm³/mol. The minimum absolute atomic E-state index is 0.0567. The molecule has 0 atom stereocenters. The molecule has 22 heavy (non-hydrogen) atoms. The SMILES string of the molecule is Cc1nn2c(S(=O)(=O)Nc3ccc(Cl)cc3C)c(C)nc2s1. The van der Waals surface area contributed by atoms with E-state index in [0.717, 1.165) is 10.6 Å². The molecule has 0 unspecified atom stereocenters. The Labute approximate surface area is 136 Å². The van der Waals surface area contributed by atoms with Crippen molar-refractivity contribution in [1.29, 1.82) is 0 Å². The van der Waals surface area contributed by atoms with Crippen molar-refractivity contribution < 1.29 is 8.42 Å². The molecule has 6 nitrogen and oxygen atoms in total. The van der Waals surface area contributed by atoms with Crippen molar-refractivity contribution >= 4 is 43.6 Å². The van der Waals surface area contributed by atoms with Crippen LogP contribution in [0.5, 0.6) is 0 Å². The van der Waals surface area contributed by atoms with Crippen LogP contribution in [0.2, 0.25) is 5.02 Å². The molecule has 0 aliphatic rings. The summed E-state index contributed by atoms with van der Waals surface area (Å²) in [6.07, 6.45) is 0. The monoisotopic (exact) mass is 356 g/mol. The van der Waals surface area contributed by atoms with Gasteiger partial charge in [-0.1, -0.05) is 22.9 Å². The van der Waals surface area contributed by atoms with Crippen molar-refractivity contribution in [3.8, 4) is 0 Å². The topological polar surface area (TPSA) is 76.4 Å². The van der Waals surface area contributed by atoms with Crippen molar-refractivity contribution in [3.05, 3.63) is 39.5 Å². The zero-order valence-corrected chi connectivity index (χ0v) is 14.5. The number of anilines is 1. The first-order valence-corrected chi connectivity index (χ1v) is 9.07. The molecule has 2 aromatic heterocycles. The summed E-state index contributed by atoms with van der Waals surface area (Å²) in [6.45, 7) is 5.25. The van der Waals surface area contributed by atoms with E-state index in [1.54, 1.807) is 32.0 Å². The Morgan fingerprint density at radius 1 is 1.27 bits per heavy atom. The number of fused-ring (bicyclic) bond motifs is 1. The lowest BCUT2D eigenvalue weighted by molar-refractivity contribution is 0.592. The lowest BCUT2D eigenvalue weighted by Gasteiger charge is -2.10. The van der Waals surface area contributed by atoms with Gasteiger partial charge in [0.15, 0.2) is 0 Å². The molecule has 1 N–H and O–H groups in total. The molecule has 0 radical (unpaired) electrons. The molecule has 116 valence electrons. The van der Waals surface area contributed by atoms with Gasteiger partial charge in [-0.2, -0.15) is 18.0 Å². The van der Waals surface area contributed by atoms with Crippen molar-refractivity contribution in [1.82, 2.24) is 14.6 Å². The maximum absolute atomic E-state index is 12.7. The van der Waals surface area contributed by atoms with E-state index in [1.807, 2.05) is 6.92 Å². The minimum atomic E-state index is -3.80. The van der Waals surface area contributed by atoms with E-state index in [9.17, 15) is 8.42 Å². The van der Waals surface area contributed by atoms with Crippen molar-refractivity contribution in [2.45, 2.75) is 25.8 Å². The highest BCUT2D eigenvalue weighted by Crippen LogP contribution is 2.26. The Balaban J connectivity index is 2.10. The average molecular weight is 357 g/mol. The Bertz CT molecular complexity index is 976. The number of sulfonamides is 1. The van der Waals surface area contributed by atoms with Crippen LogP contribution < -0.4 is 4.72 Å². The van der Waals surface area contributed by atoms with Gasteiger partial charge in [-0.3, -0.25) is 4.72 Å². The first-order valence-electron chi connectivity index (χ1n) is 6.39. The average Bonchev–Trinajstić information content (AvgIpc) is 2.86. The van der Waals surface area contributed by atoms with Crippen LogP contribution in [0.25, 0.3) is 4.96 Å². The zero-order chi connectivity index (χ0) is 16.1. The molecule has 0 aliphatic carbocycles. The van der Waals surface area contributed by atoms with Gasteiger partial charge in [0.2, 0.25) is 9.99 Å². The Kier molecular flexibility index (Phi) is 3.62. The first kappa shape index (κ1) is 15.3. The summed E-state index contributed by atoms with van der Waals surface area (Å²) in [4.78, 5) is 4.82. The third-order valence-corrected chi connectivity index (χ3v) is 5.64. The van der Waals surface area contributed by atoms with E-state index >= 15 is 0 Å². The van der Waals surface area contributed by atoms with Gasteiger partial charge in [-0.25, -0.2) is 4.98 Å². The maximum Gasteiger partial charge on any atom is 0.281 e. The molecule has 1 aromatic carbocycles. The van der Waals surface area contributed by atoms with Gasteiger partial charge >= 0.3 is 0 Å². The minimum Gasteiger partial charge on any atom is -0.278 e. The summed E-state index contributed by atoms with van der Waals surface area (Å²) in [6, 6.07) is 4.97. The Morgan fingerprint density at radius 3 is 2.68 bits per heavy atom. The van der Waals surface area contributed by atoms with Crippen LogP contribution in [0, 0.1) is 20.8 Å². The number of benzene rings is 1. The summed E-state index contributed by atoms with van der Waals surface area (Å²) < 4.78 is 29.3. The molecule has 9 heteroatoms. The van der Waals surface area contributed by atoms with Crippen molar-refractivity contribution in [2.75, 3.05) is 4.72 Å². The fourth-order valence-electron chi connectivity index (χ4n) is 2.17. The molecule has 3 aromatic rings. The third-order valence-electron chi connectivity index (χ3n) is 3.11. The lowest BCUT2D eigenvalue weighted by Crippen LogP contribution is -2.17. The number of halogens is 1. The van der Waals surface area contributed by atoms with Gasteiger partial charge in [0.25, 0.3) is 10.0 Å². The van der Waals surface area contributed by atoms with Crippen LogP contribution in [0.15, 0.2) is 23.2 Å². The summed E-state index contributed by atoms with van der Waals surface area (Å²) in [5.74, 6) is 0. The fourth-order valence-corrected chi connectivity index (χ4v) is 4.65. The van der Waals surface area contributed by atoms with Gasteiger partial charge in [-0.05, 0) is 44.5 Å². The number of aromatic nitrogens is 3. The standard InChI is InChI=1S/C13H13ClN4O2S2/c1-7-6-10(14)4-5-11(7)17-22(19,20)12-8(2)15-13-18(12)16-9(3)21-13/h4-6,17H,1-3H3. The van der Waals surface area contributed by atoms with Crippen LogP contribution in [0.1, 0.15) is 16.3 Å². The molecule has 2 heterocycles. The van der Waals surface area contributed by atoms with Crippen LogP contribution >= 0.6 is 22.9 Å². The van der Waals surface area contributed by atoms with E-state index in [2.05, 4.69) is 14.8 Å². The molecule has 0 spiro atoms. The highest BCUT2D eigenvalue weighted by atomic mass is 35.5. The zero-order valence-electron chi connectivity index (χ0n) is 12.1. The van der Waals surface area contributed by atoms with Gasteiger partial charge in [0.05, 0.1) is 11.4 Å². The number of nitrogens with one attached hydrogen (secondary N) is 1. The normalized spacial score (nSPS) is 12.0. The van der Waals surface area contributed by atoms with Crippen LogP contribution in [-0.2, 0) is 10.0 Å². The van der Waals surface area contributed by atoms with Gasteiger partial charge in [0.1, 0.15) is 5.01 Å². The number of hydrogen-bond acceptors (Lipinski definition) is 5. The predicted octanol–water partition coefficient (Wildman–Crippen LogP) is 3.17. The molecular weight excluding hydrogens is 344 g/mol. The fraction of sp³-hybridized carbons (Fsp3) is 0.231. The van der Waals surface area contributed by atoms with Gasteiger partial charge < -0.3 is 0 Å². The molecule has 3 rings (SSSR count). The molecule has 0 fully saturated rings. The maximum atomic E-state index is 12.7. The quantitative estimate of drug-likeness (QED) is 0.782. The van der Waals surface area contributed by atoms with Crippen LogP contribution in [-0.4, -0.2) is 23.0 Å². The molecule has 0 amide bonds. The van der Waals surface area contributed by atoms with Crippen molar-refractivity contribution in [2.24, 2.45) is 0 Å². The van der Waals surface area contributed by atoms with E-state index in [4.69, 9.17) is 11.6 Å². The number of aryl methyl sites for hydroxylation is 3. The number of rotatable bonds is 3. The van der Waals surface area contributed by atoms with Crippen LogP contribution in [0.3, 0.4) is 0 Å². The Morgan fingerprint density at radius 2 is 2.00 bits per heavy atom. The number of imidazole rings is 1. The second kappa shape index (κ2) is 5.22. The molecule has 0 saturated heterocycles. The third kappa shape index (κ3) is 2.57. The number of hydrogen-bond donors (Lipinski definition) is 1.